The molecule has 0 spiro atoms. The molecule has 4 atom stereocenters. The van der Waals surface area contributed by atoms with Crippen molar-refractivity contribution in [2.45, 2.75) is 82.6 Å². The lowest BCUT2D eigenvalue weighted by Gasteiger charge is -2.44. The number of phenols is 2. The Bertz CT molecular complexity index is 2340. The molecule has 5 aliphatic rings. The SMILES string of the molecule is CCC(=C(c1ccc(O)cc1)c1ccc(N2CCC(CN3CC4CCC(C3)N4c3cc4c(cc3F)CN(C3CCC(=O)NC3=O)C4C(=O)C=O)CC2)cc1)c1ccc(O)cc1. The topological polar surface area (TPSA) is 134 Å². The van der Waals surface area contributed by atoms with Crippen molar-refractivity contribution < 1.29 is 33.8 Å². The van der Waals surface area contributed by atoms with Crippen LogP contribution in [0.5, 0.6) is 11.5 Å². The number of halogens is 1. The number of hydrogen-bond acceptors (Lipinski definition) is 10. The van der Waals surface area contributed by atoms with Crippen LogP contribution in [0.2, 0.25) is 0 Å². The Labute approximate surface area is 355 Å². The summed E-state index contributed by atoms with van der Waals surface area (Å²) in [4.78, 5) is 58.5. The number of phenolic OH excluding ortho intramolecular Hbond substituents is 2. The fourth-order valence-corrected chi connectivity index (χ4v) is 10.8. The fourth-order valence-electron chi connectivity index (χ4n) is 10.8. The second-order valence-corrected chi connectivity index (χ2v) is 17.4. The summed E-state index contributed by atoms with van der Waals surface area (Å²) in [6.45, 7) is 6.86. The maximum absolute atomic E-state index is 16.1. The predicted molar refractivity (Wildman–Crippen MR) is 231 cm³/mol. The lowest BCUT2D eigenvalue weighted by atomic mass is 9.88. The second-order valence-electron chi connectivity index (χ2n) is 17.4. The average Bonchev–Trinajstić information content (AvgIpc) is 3.75. The van der Waals surface area contributed by atoms with Crippen LogP contribution in [0.1, 0.15) is 85.7 Å². The number of aromatic hydroxyl groups is 2. The molecule has 5 aliphatic heterocycles. The van der Waals surface area contributed by atoms with Crippen LogP contribution in [0, 0.1) is 11.7 Å². The molecule has 5 heterocycles. The lowest BCUT2D eigenvalue weighted by molar-refractivity contribution is -0.141. The van der Waals surface area contributed by atoms with Gasteiger partial charge in [-0.15, -0.1) is 0 Å². The summed E-state index contributed by atoms with van der Waals surface area (Å²) in [5, 5.41) is 22.3. The third-order valence-corrected chi connectivity index (χ3v) is 13.7. The van der Waals surface area contributed by atoms with Gasteiger partial charge in [-0.05, 0) is 132 Å². The summed E-state index contributed by atoms with van der Waals surface area (Å²) in [6, 6.07) is 25.2. The number of aldehydes is 1. The van der Waals surface area contributed by atoms with Crippen LogP contribution < -0.4 is 15.1 Å². The van der Waals surface area contributed by atoms with E-state index in [9.17, 15) is 29.4 Å². The number of nitrogens with zero attached hydrogens (tertiary/aromatic N) is 4. The molecular formula is C49H52FN5O6. The van der Waals surface area contributed by atoms with Gasteiger partial charge in [0.25, 0.3) is 0 Å². The van der Waals surface area contributed by atoms with Crippen molar-refractivity contribution in [1.82, 2.24) is 15.1 Å². The molecule has 4 unspecified atom stereocenters. The number of carbonyl (C=O) groups excluding carboxylic acids is 4. The summed E-state index contributed by atoms with van der Waals surface area (Å²) in [5.74, 6) is -0.900. The number of hydrogen-bond donors (Lipinski definition) is 3. The summed E-state index contributed by atoms with van der Waals surface area (Å²) in [7, 11) is 0. The van der Waals surface area contributed by atoms with Crippen LogP contribution in [-0.2, 0) is 25.7 Å². The van der Waals surface area contributed by atoms with Crippen molar-refractivity contribution >= 4 is 46.4 Å². The first kappa shape index (κ1) is 40.6. The highest BCUT2D eigenvalue weighted by Gasteiger charge is 2.46. The number of piperidine rings is 2. The van der Waals surface area contributed by atoms with Gasteiger partial charge in [0.05, 0.1) is 11.7 Å². The van der Waals surface area contributed by atoms with E-state index >= 15 is 4.39 Å². The number of anilines is 2. The number of imide groups is 1. The largest absolute Gasteiger partial charge is 0.508 e. The van der Waals surface area contributed by atoms with Gasteiger partial charge >= 0.3 is 0 Å². The Morgan fingerprint density at radius 2 is 1.43 bits per heavy atom. The van der Waals surface area contributed by atoms with Crippen LogP contribution >= 0.6 is 0 Å². The van der Waals surface area contributed by atoms with E-state index in [1.165, 1.54) is 11.8 Å². The van der Waals surface area contributed by atoms with Crippen molar-refractivity contribution in [2.24, 2.45) is 5.92 Å². The van der Waals surface area contributed by atoms with E-state index in [4.69, 9.17) is 0 Å². The van der Waals surface area contributed by atoms with Crippen molar-refractivity contribution in [3.8, 4) is 11.5 Å². The Hall–Kier alpha value is -5.85. The smallest absolute Gasteiger partial charge is 0.243 e. The molecule has 3 N–H and O–H groups in total. The van der Waals surface area contributed by atoms with E-state index < -0.39 is 23.8 Å². The maximum atomic E-state index is 16.1. The number of benzene rings is 4. The summed E-state index contributed by atoms with van der Waals surface area (Å²) in [6.07, 6.45) is 5.49. The molecule has 4 aromatic carbocycles. The van der Waals surface area contributed by atoms with E-state index in [0.29, 0.717) is 22.7 Å². The highest BCUT2D eigenvalue weighted by Crippen LogP contribution is 2.44. The number of allylic oxidation sites excluding steroid dienone is 1. The van der Waals surface area contributed by atoms with Crippen molar-refractivity contribution in [3.63, 3.8) is 0 Å². The van der Waals surface area contributed by atoms with Crippen LogP contribution in [0.4, 0.5) is 15.8 Å². The van der Waals surface area contributed by atoms with Gasteiger partial charge in [0, 0.05) is 63.5 Å². The standard InChI is InChI=1S/C49H52FN5O6/c1-2-40(31-5-13-38(57)14-6-31)47(33-7-15-39(58)16-8-33)32-3-9-35(10-4-32)53-21-19-30(20-22-53)25-52-27-36-11-12-37(28-52)55(36)44-24-41-34(23-42(44)50)26-54(48(41)45(59)29-56)43-17-18-46(60)51-49(43)61/h3-10,13-16,23-24,29-30,36-37,43,48,57-58H,2,11-12,17-22,25-28H2,1H3,(H,51,60,61). The van der Waals surface area contributed by atoms with E-state index in [-0.39, 0.29) is 61.0 Å². The van der Waals surface area contributed by atoms with E-state index in [2.05, 4.69) is 51.2 Å². The molecule has 4 aromatic rings. The van der Waals surface area contributed by atoms with Gasteiger partial charge in [-0.25, -0.2) is 4.39 Å². The zero-order chi connectivity index (χ0) is 42.4. The molecule has 9 rings (SSSR count). The van der Waals surface area contributed by atoms with Gasteiger partial charge in [-0.1, -0.05) is 43.3 Å². The first-order valence-corrected chi connectivity index (χ1v) is 21.7. The number of nitrogens with one attached hydrogen (secondary N) is 1. The number of amides is 2. The van der Waals surface area contributed by atoms with Crippen LogP contribution in [0.15, 0.2) is 84.9 Å². The van der Waals surface area contributed by atoms with Crippen LogP contribution in [0.25, 0.3) is 11.1 Å². The molecule has 0 aromatic heterocycles. The molecule has 12 heteroatoms. The highest BCUT2D eigenvalue weighted by atomic mass is 19.1. The third kappa shape index (κ3) is 7.94. The fraction of sp³-hybridized carbons (Fsp3) is 0.388. The molecule has 11 nitrogen and oxygen atoms in total. The number of fused-ring (bicyclic) bond motifs is 3. The zero-order valence-corrected chi connectivity index (χ0v) is 34.4. The van der Waals surface area contributed by atoms with Crippen LogP contribution in [-0.4, -0.2) is 94.7 Å². The molecule has 316 valence electrons. The van der Waals surface area contributed by atoms with Gasteiger partial charge in [0.15, 0.2) is 6.29 Å². The minimum atomic E-state index is -0.996. The predicted octanol–water partition coefficient (Wildman–Crippen LogP) is 6.61. The number of rotatable bonds is 11. The number of piperazine rings is 1. The molecule has 2 bridgehead atoms. The van der Waals surface area contributed by atoms with E-state index in [0.717, 1.165) is 92.7 Å². The monoisotopic (exact) mass is 825 g/mol. The minimum absolute atomic E-state index is 0.126. The van der Waals surface area contributed by atoms with Crippen molar-refractivity contribution in [2.75, 3.05) is 42.5 Å². The second kappa shape index (κ2) is 16.9. The number of carbonyl (C=O) groups is 4. The molecule has 4 fully saturated rings. The molecule has 0 aliphatic carbocycles. The molecule has 61 heavy (non-hydrogen) atoms. The number of ketones is 1. The minimum Gasteiger partial charge on any atom is -0.508 e. The molecule has 4 saturated heterocycles. The van der Waals surface area contributed by atoms with Gasteiger partial charge < -0.3 is 20.0 Å². The summed E-state index contributed by atoms with van der Waals surface area (Å²) < 4.78 is 16.1. The van der Waals surface area contributed by atoms with Gasteiger partial charge in [-0.2, -0.15) is 0 Å². The Morgan fingerprint density at radius 1 is 0.820 bits per heavy atom. The Kier molecular flexibility index (Phi) is 11.2. The first-order chi connectivity index (χ1) is 29.6. The molecule has 0 saturated carbocycles. The van der Waals surface area contributed by atoms with Gasteiger partial charge in [0.2, 0.25) is 17.6 Å². The third-order valence-electron chi connectivity index (χ3n) is 13.7. The number of likely N-dealkylation sites (tertiary alicyclic amines) is 1. The van der Waals surface area contributed by atoms with Crippen LogP contribution in [0.3, 0.4) is 0 Å². The van der Waals surface area contributed by atoms with Crippen molar-refractivity contribution in [1.29, 1.82) is 0 Å². The lowest BCUT2D eigenvalue weighted by Crippen LogP contribution is -2.55. The van der Waals surface area contributed by atoms with E-state index in [1.807, 2.05) is 24.3 Å². The average molecular weight is 826 g/mol. The van der Waals surface area contributed by atoms with Crippen molar-refractivity contribution in [3.05, 3.63) is 119 Å². The van der Waals surface area contributed by atoms with Gasteiger partial charge in [0.1, 0.15) is 23.4 Å². The van der Waals surface area contributed by atoms with E-state index in [1.54, 1.807) is 35.2 Å². The number of Topliss-reactive ketones (excluding diaryl/α,β-unsaturated/α-hetero) is 1. The molecule has 2 amide bonds. The first-order valence-electron chi connectivity index (χ1n) is 21.7. The maximum Gasteiger partial charge on any atom is 0.243 e. The zero-order valence-electron chi connectivity index (χ0n) is 34.4. The Morgan fingerprint density at radius 3 is 2.02 bits per heavy atom. The molecule has 0 radical (unpaired) electrons. The highest BCUT2D eigenvalue weighted by molar-refractivity contribution is 6.27. The normalized spacial score (nSPS) is 23.8. The summed E-state index contributed by atoms with van der Waals surface area (Å²) in [5.41, 5.74) is 8.20. The Balaban J connectivity index is 0.850. The quantitative estimate of drug-likeness (QED) is 0.0658. The molecular weight excluding hydrogens is 774 g/mol. The van der Waals surface area contributed by atoms with Gasteiger partial charge in [-0.3, -0.25) is 34.3 Å². The summed E-state index contributed by atoms with van der Waals surface area (Å²) >= 11 is 0.